The maximum absolute atomic E-state index is 14.0. The van der Waals surface area contributed by atoms with Crippen molar-refractivity contribution in [1.82, 2.24) is 4.90 Å². The highest BCUT2D eigenvalue weighted by Gasteiger charge is 2.28. The molecule has 0 aliphatic rings. The molecule has 0 saturated heterocycles. The van der Waals surface area contributed by atoms with Crippen molar-refractivity contribution in [3.8, 4) is 5.75 Å². The summed E-state index contributed by atoms with van der Waals surface area (Å²) in [7, 11) is 1.27. The average molecular weight is 333 g/mol. The summed E-state index contributed by atoms with van der Waals surface area (Å²) in [6.45, 7) is 1.84. The number of hydrogen-bond donors (Lipinski definition) is 0. The maximum atomic E-state index is 14.0. The number of rotatable bonds is 5. The van der Waals surface area contributed by atoms with E-state index in [4.69, 9.17) is 4.74 Å². The second-order valence-electron chi connectivity index (χ2n) is 5.73. The van der Waals surface area contributed by atoms with E-state index in [1.54, 1.807) is 20.8 Å². The lowest BCUT2D eigenvalue weighted by Gasteiger charge is -2.28. The first-order valence-electron chi connectivity index (χ1n) is 6.70. The zero-order valence-electron chi connectivity index (χ0n) is 13.2. The van der Waals surface area contributed by atoms with Gasteiger partial charge in [-0.25, -0.2) is 9.18 Å². The summed E-state index contributed by atoms with van der Waals surface area (Å²) < 4.78 is 47.4. The zero-order valence-corrected chi connectivity index (χ0v) is 13.2. The molecule has 1 amide bonds. The van der Waals surface area contributed by atoms with E-state index in [0.29, 0.717) is 6.29 Å². The van der Waals surface area contributed by atoms with Crippen LogP contribution >= 0.6 is 0 Å². The van der Waals surface area contributed by atoms with Crippen LogP contribution in [0.25, 0.3) is 0 Å². The van der Waals surface area contributed by atoms with Crippen LogP contribution < -0.4 is 4.74 Å². The minimum atomic E-state index is -3.09. The summed E-state index contributed by atoms with van der Waals surface area (Å²) in [5.74, 6) is -1.33. The van der Waals surface area contributed by atoms with Gasteiger partial charge in [0, 0.05) is 18.7 Å². The summed E-state index contributed by atoms with van der Waals surface area (Å²) in [5, 5.41) is 0. The quantitative estimate of drug-likeness (QED) is 0.774. The van der Waals surface area contributed by atoms with E-state index >= 15 is 0 Å². The fraction of sp³-hybridized carbons (Fsp3) is 0.467. The summed E-state index contributed by atoms with van der Waals surface area (Å²) in [4.78, 5) is 24.1. The molecule has 0 aromatic heterocycles. The first-order valence-corrected chi connectivity index (χ1v) is 6.70. The van der Waals surface area contributed by atoms with Crippen LogP contribution in [0.1, 0.15) is 32.4 Å². The lowest BCUT2D eigenvalue weighted by molar-refractivity contribution is -0.112. The van der Waals surface area contributed by atoms with E-state index in [1.807, 2.05) is 0 Å². The fourth-order valence-corrected chi connectivity index (χ4v) is 1.74. The fourth-order valence-electron chi connectivity index (χ4n) is 1.74. The number of benzene rings is 1. The predicted octanol–water partition coefficient (Wildman–Crippen LogP) is 3.53. The predicted molar refractivity (Wildman–Crippen MR) is 75.8 cm³/mol. The van der Waals surface area contributed by atoms with Gasteiger partial charge in [0.2, 0.25) is 0 Å². The van der Waals surface area contributed by atoms with Crippen molar-refractivity contribution in [2.45, 2.75) is 39.0 Å². The van der Waals surface area contributed by atoms with Crippen LogP contribution in [0, 0.1) is 5.82 Å². The van der Waals surface area contributed by atoms with E-state index in [1.165, 1.54) is 7.05 Å². The molecule has 23 heavy (non-hydrogen) atoms. The third-order valence-corrected chi connectivity index (χ3v) is 2.74. The van der Waals surface area contributed by atoms with Gasteiger partial charge in [-0.15, -0.1) is 0 Å². The second-order valence-corrected chi connectivity index (χ2v) is 5.73. The minimum absolute atomic E-state index is 0.157. The number of alkyl halides is 2. The number of nitrogens with zero attached hydrogens (tertiary/aromatic N) is 1. The minimum Gasteiger partial charge on any atom is -0.444 e. The summed E-state index contributed by atoms with van der Waals surface area (Å²) in [6, 6.07) is 1.66. The molecule has 1 atom stereocenters. The van der Waals surface area contributed by atoms with Gasteiger partial charge in [-0.3, -0.25) is 4.90 Å². The van der Waals surface area contributed by atoms with Crippen LogP contribution in [0.15, 0.2) is 18.2 Å². The van der Waals surface area contributed by atoms with E-state index in [9.17, 15) is 22.8 Å². The van der Waals surface area contributed by atoms with Crippen molar-refractivity contribution in [2.75, 3.05) is 7.05 Å². The Bertz CT molecular complexity index is 572. The molecule has 1 unspecified atom stereocenters. The topological polar surface area (TPSA) is 55.8 Å². The third kappa shape index (κ3) is 5.46. The van der Waals surface area contributed by atoms with Crippen molar-refractivity contribution in [3.63, 3.8) is 0 Å². The standard InChI is InChI=1S/C15H18F3NO4/c1-15(2,3)23-14(21)19(4)12(8-20)10-6-5-9(7-11(10)16)22-13(17)18/h5-8,12-13H,1-4H3. The third-order valence-electron chi connectivity index (χ3n) is 2.74. The molecule has 0 fully saturated rings. The molecule has 1 aromatic carbocycles. The molecule has 0 N–H and O–H groups in total. The van der Waals surface area contributed by atoms with Gasteiger partial charge < -0.3 is 14.3 Å². The molecule has 0 spiro atoms. The van der Waals surface area contributed by atoms with Crippen LogP contribution in [0.3, 0.4) is 0 Å². The molecular weight excluding hydrogens is 315 g/mol. The average Bonchev–Trinajstić information content (AvgIpc) is 2.39. The van der Waals surface area contributed by atoms with Crippen molar-refractivity contribution >= 4 is 12.4 Å². The SMILES string of the molecule is CN(C(=O)OC(C)(C)C)C(C=O)c1ccc(OC(F)F)cc1F. The smallest absolute Gasteiger partial charge is 0.410 e. The van der Waals surface area contributed by atoms with Gasteiger partial charge in [-0.1, -0.05) is 0 Å². The molecule has 1 rings (SSSR count). The van der Waals surface area contributed by atoms with E-state index in [2.05, 4.69) is 4.74 Å². The Morgan fingerprint density at radius 1 is 1.30 bits per heavy atom. The molecule has 0 bridgehead atoms. The van der Waals surface area contributed by atoms with Gasteiger partial charge in [0.05, 0.1) is 0 Å². The lowest BCUT2D eigenvalue weighted by Crippen LogP contribution is -2.37. The largest absolute Gasteiger partial charge is 0.444 e. The van der Waals surface area contributed by atoms with Crippen molar-refractivity contribution < 1.29 is 32.2 Å². The number of amides is 1. The highest BCUT2D eigenvalue weighted by Crippen LogP contribution is 2.26. The van der Waals surface area contributed by atoms with Crippen LogP contribution in [0.5, 0.6) is 5.75 Å². The molecule has 0 aliphatic heterocycles. The Balaban J connectivity index is 3.01. The van der Waals surface area contributed by atoms with Crippen LogP contribution in [0.2, 0.25) is 0 Å². The highest BCUT2D eigenvalue weighted by atomic mass is 19.3. The summed E-state index contributed by atoms with van der Waals surface area (Å²) in [6.07, 6.45) is -0.461. The molecule has 128 valence electrons. The van der Waals surface area contributed by atoms with Crippen molar-refractivity contribution in [2.24, 2.45) is 0 Å². The van der Waals surface area contributed by atoms with Gasteiger partial charge in [0.1, 0.15) is 29.5 Å². The molecular formula is C15H18F3NO4. The van der Waals surface area contributed by atoms with Gasteiger partial charge in [-0.05, 0) is 32.9 Å². The van der Waals surface area contributed by atoms with Gasteiger partial charge >= 0.3 is 12.7 Å². The number of carbonyl (C=O) groups is 2. The number of likely N-dealkylation sites (N-methyl/N-ethyl adjacent to an activating group) is 1. The molecule has 0 radical (unpaired) electrons. The lowest BCUT2D eigenvalue weighted by atomic mass is 10.1. The van der Waals surface area contributed by atoms with Crippen LogP contribution in [-0.2, 0) is 9.53 Å². The van der Waals surface area contributed by atoms with Gasteiger partial charge in [-0.2, -0.15) is 8.78 Å². The number of hydrogen-bond acceptors (Lipinski definition) is 4. The summed E-state index contributed by atoms with van der Waals surface area (Å²) in [5.41, 5.74) is -0.943. The monoisotopic (exact) mass is 333 g/mol. The highest BCUT2D eigenvalue weighted by molar-refractivity contribution is 5.74. The normalized spacial score (nSPS) is 12.7. The number of ether oxygens (including phenoxy) is 2. The van der Waals surface area contributed by atoms with Gasteiger partial charge in [0.25, 0.3) is 0 Å². The Kier molecular flexibility index (Phi) is 6.00. The Hall–Kier alpha value is -2.25. The number of halogens is 3. The number of aldehydes is 1. The zero-order chi connectivity index (χ0) is 17.8. The first kappa shape index (κ1) is 18.8. The Morgan fingerprint density at radius 3 is 2.35 bits per heavy atom. The van der Waals surface area contributed by atoms with Gasteiger partial charge in [0.15, 0.2) is 0 Å². The Morgan fingerprint density at radius 2 is 1.91 bits per heavy atom. The first-order chi connectivity index (χ1) is 10.5. The van der Waals surface area contributed by atoms with Crippen molar-refractivity contribution in [3.05, 3.63) is 29.6 Å². The van der Waals surface area contributed by atoms with E-state index in [-0.39, 0.29) is 11.3 Å². The van der Waals surface area contributed by atoms with E-state index < -0.39 is 30.2 Å². The second kappa shape index (κ2) is 7.34. The van der Waals surface area contributed by atoms with E-state index in [0.717, 1.165) is 23.1 Å². The molecule has 1 aromatic rings. The van der Waals surface area contributed by atoms with Crippen LogP contribution in [-0.4, -0.2) is 36.5 Å². The van der Waals surface area contributed by atoms with Crippen LogP contribution in [0.4, 0.5) is 18.0 Å². The molecule has 0 aliphatic carbocycles. The maximum Gasteiger partial charge on any atom is 0.410 e. The number of carbonyl (C=O) groups excluding carboxylic acids is 2. The van der Waals surface area contributed by atoms with Crippen molar-refractivity contribution in [1.29, 1.82) is 0 Å². The molecule has 0 saturated carbocycles. The molecule has 5 nitrogen and oxygen atoms in total. The molecule has 8 heteroatoms. The molecule has 0 heterocycles. The summed E-state index contributed by atoms with van der Waals surface area (Å²) >= 11 is 0. The Labute approximate surface area is 132 Å².